The zero-order valence-corrected chi connectivity index (χ0v) is 10.7. The Labute approximate surface area is 115 Å². The van der Waals surface area contributed by atoms with Crippen molar-refractivity contribution in [1.82, 2.24) is 10.3 Å². The summed E-state index contributed by atoms with van der Waals surface area (Å²) in [7, 11) is 0. The van der Waals surface area contributed by atoms with Crippen molar-refractivity contribution in [3.05, 3.63) is 30.5 Å². The van der Waals surface area contributed by atoms with Crippen molar-refractivity contribution in [1.29, 1.82) is 0 Å². The summed E-state index contributed by atoms with van der Waals surface area (Å²) in [5, 5.41) is 6.35. The highest BCUT2D eigenvalue weighted by atomic mass is 16.2. The monoisotopic (exact) mass is 270 g/mol. The molecule has 0 saturated carbocycles. The molecule has 6 nitrogen and oxygen atoms in total. The molecule has 1 aromatic carbocycles. The van der Waals surface area contributed by atoms with Crippen molar-refractivity contribution in [2.45, 2.75) is 18.9 Å². The van der Waals surface area contributed by atoms with Gasteiger partial charge in [-0.15, -0.1) is 0 Å². The van der Waals surface area contributed by atoms with Gasteiger partial charge in [0.05, 0.1) is 11.2 Å². The molecule has 4 N–H and O–H groups in total. The summed E-state index contributed by atoms with van der Waals surface area (Å²) in [6.07, 6.45) is 2.47. The van der Waals surface area contributed by atoms with Crippen molar-refractivity contribution in [2.24, 2.45) is 0 Å². The van der Waals surface area contributed by atoms with Gasteiger partial charge in [-0.3, -0.25) is 19.9 Å². The number of hydrogen-bond acceptors (Lipinski definition) is 5. The number of anilines is 2. The van der Waals surface area contributed by atoms with Crippen LogP contribution < -0.4 is 16.4 Å². The van der Waals surface area contributed by atoms with Crippen molar-refractivity contribution in [3.63, 3.8) is 0 Å². The fraction of sp³-hybridized carbons (Fsp3) is 0.214. The first-order valence-electron chi connectivity index (χ1n) is 6.38. The maximum absolute atomic E-state index is 11.8. The molecular formula is C14H14N4O2. The molecule has 2 aromatic rings. The van der Waals surface area contributed by atoms with E-state index >= 15 is 0 Å². The van der Waals surface area contributed by atoms with E-state index in [2.05, 4.69) is 15.6 Å². The first-order valence-corrected chi connectivity index (χ1v) is 6.38. The quantitative estimate of drug-likeness (QED) is 0.559. The Bertz CT molecular complexity index is 699. The molecule has 0 radical (unpaired) electrons. The van der Waals surface area contributed by atoms with Gasteiger partial charge in [0.2, 0.25) is 11.8 Å². The Hall–Kier alpha value is -2.63. The number of aromatic nitrogens is 1. The minimum Gasteiger partial charge on any atom is -0.397 e. The molecule has 20 heavy (non-hydrogen) atoms. The number of para-hydroxylation sites is 1. The molecule has 2 heterocycles. The zero-order chi connectivity index (χ0) is 14.1. The van der Waals surface area contributed by atoms with Gasteiger partial charge < -0.3 is 11.1 Å². The number of fused-ring (bicyclic) bond motifs is 1. The van der Waals surface area contributed by atoms with Gasteiger partial charge in [-0.05, 0) is 18.6 Å². The highest BCUT2D eigenvalue weighted by molar-refractivity contribution is 6.03. The van der Waals surface area contributed by atoms with Crippen LogP contribution in [0.2, 0.25) is 0 Å². The van der Waals surface area contributed by atoms with Crippen LogP contribution in [-0.2, 0) is 9.59 Å². The summed E-state index contributed by atoms with van der Waals surface area (Å²) < 4.78 is 0. The van der Waals surface area contributed by atoms with Gasteiger partial charge in [0, 0.05) is 23.7 Å². The minimum absolute atomic E-state index is 0.225. The SMILES string of the molecule is Nc1cccc2c(NC3CCC(=O)NC3=O)ccnc12. The van der Waals surface area contributed by atoms with E-state index in [4.69, 9.17) is 5.73 Å². The van der Waals surface area contributed by atoms with Crippen molar-refractivity contribution < 1.29 is 9.59 Å². The van der Waals surface area contributed by atoms with Crippen LogP contribution in [-0.4, -0.2) is 22.8 Å². The number of amides is 2. The second kappa shape index (κ2) is 4.80. The average molecular weight is 270 g/mol. The lowest BCUT2D eigenvalue weighted by atomic mass is 10.0. The second-order valence-electron chi connectivity index (χ2n) is 4.75. The normalized spacial score (nSPS) is 18.9. The van der Waals surface area contributed by atoms with Gasteiger partial charge in [-0.25, -0.2) is 0 Å². The van der Waals surface area contributed by atoms with Gasteiger partial charge >= 0.3 is 0 Å². The maximum Gasteiger partial charge on any atom is 0.249 e. The van der Waals surface area contributed by atoms with E-state index in [1.165, 1.54) is 0 Å². The third kappa shape index (κ3) is 2.16. The van der Waals surface area contributed by atoms with E-state index < -0.39 is 6.04 Å². The van der Waals surface area contributed by atoms with Gasteiger partial charge in [0.25, 0.3) is 0 Å². The molecule has 0 bridgehead atoms. The molecule has 3 rings (SSSR count). The number of carbonyl (C=O) groups excluding carboxylic acids is 2. The summed E-state index contributed by atoms with van der Waals surface area (Å²) in [6, 6.07) is 6.90. The molecule has 1 saturated heterocycles. The van der Waals surface area contributed by atoms with Gasteiger partial charge in [-0.1, -0.05) is 12.1 Å². The van der Waals surface area contributed by atoms with Crippen LogP contribution in [0.25, 0.3) is 10.9 Å². The predicted molar refractivity (Wildman–Crippen MR) is 75.9 cm³/mol. The Morgan fingerprint density at radius 2 is 2.15 bits per heavy atom. The molecule has 1 aliphatic heterocycles. The smallest absolute Gasteiger partial charge is 0.249 e. The molecule has 102 valence electrons. The highest BCUT2D eigenvalue weighted by Gasteiger charge is 2.26. The first-order chi connectivity index (χ1) is 9.65. The first kappa shape index (κ1) is 12.4. The van der Waals surface area contributed by atoms with E-state index in [9.17, 15) is 9.59 Å². The number of nitrogens with zero attached hydrogens (tertiary/aromatic N) is 1. The fourth-order valence-electron chi connectivity index (χ4n) is 2.34. The lowest BCUT2D eigenvalue weighted by molar-refractivity contribution is -0.133. The van der Waals surface area contributed by atoms with E-state index in [0.29, 0.717) is 24.0 Å². The Balaban J connectivity index is 1.93. The van der Waals surface area contributed by atoms with Crippen molar-refractivity contribution in [3.8, 4) is 0 Å². The van der Waals surface area contributed by atoms with Crippen LogP contribution in [0.1, 0.15) is 12.8 Å². The lowest BCUT2D eigenvalue weighted by Gasteiger charge is -2.23. The lowest BCUT2D eigenvalue weighted by Crippen LogP contribution is -2.47. The second-order valence-corrected chi connectivity index (χ2v) is 4.75. The van der Waals surface area contributed by atoms with Gasteiger partial charge in [-0.2, -0.15) is 0 Å². The van der Waals surface area contributed by atoms with Gasteiger partial charge in [0.1, 0.15) is 6.04 Å². The molecule has 1 aromatic heterocycles. The molecule has 1 atom stereocenters. The Morgan fingerprint density at radius 1 is 1.30 bits per heavy atom. The van der Waals surface area contributed by atoms with Crippen LogP contribution >= 0.6 is 0 Å². The fourth-order valence-corrected chi connectivity index (χ4v) is 2.34. The zero-order valence-electron chi connectivity index (χ0n) is 10.7. The number of nitrogens with one attached hydrogen (secondary N) is 2. The summed E-state index contributed by atoms with van der Waals surface area (Å²) in [4.78, 5) is 27.2. The molecule has 2 amide bonds. The number of nitrogen functional groups attached to an aromatic ring is 1. The summed E-state index contributed by atoms with van der Waals surface area (Å²) in [5.41, 5.74) is 7.97. The van der Waals surface area contributed by atoms with E-state index in [1.54, 1.807) is 18.3 Å². The van der Waals surface area contributed by atoms with E-state index in [1.807, 2.05) is 12.1 Å². The average Bonchev–Trinajstić information content (AvgIpc) is 2.43. The summed E-state index contributed by atoms with van der Waals surface area (Å²) in [5.74, 6) is -0.521. The highest BCUT2D eigenvalue weighted by Crippen LogP contribution is 2.26. The summed E-state index contributed by atoms with van der Waals surface area (Å²) >= 11 is 0. The van der Waals surface area contributed by atoms with Crippen LogP contribution in [0.3, 0.4) is 0 Å². The van der Waals surface area contributed by atoms with E-state index in [0.717, 1.165) is 11.1 Å². The molecule has 6 heteroatoms. The number of benzene rings is 1. The molecule has 1 unspecified atom stereocenters. The number of hydrogen-bond donors (Lipinski definition) is 3. The predicted octanol–water partition coefficient (Wildman–Crippen LogP) is 1.03. The number of pyridine rings is 1. The Kier molecular flexibility index (Phi) is 2.98. The number of imide groups is 1. The Morgan fingerprint density at radius 3 is 2.95 bits per heavy atom. The largest absolute Gasteiger partial charge is 0.397 e. The third-order valence-electron chi connectivity index (χ3n) is 3.37. The molecule has 0 aliphatic carbocycles. The molecule has 1 fully saturated rings. The van der Waals surface area contributed by atoms with Crippen LogP contribution in [0.15, 0.2) is 30.5 Å². The number of nitrogens with two attached hydrogens (primary N) is 1. The standard InChI is InChI=1S/C14H14N4O2/c15-9-3-1-2-8-10(6-7-16-13(8)9)17-11-4-5-12(19)18-14(11)20/h1-3,6-7,11H,4-5,15H2,(H,16,17)(H,18,19,20). The molecule has 1 aliphatic rings. The minimum atomic E-state index is -0.417. The van der Waals surface area contributed by atoms with Crippen LogP contribution in [0.5, 0.6) is 0 Å². The topological polar surface area (TPSA) is 97.1 Å². The number of carbonyl (C=O) groups is 2. The van der Waals surface area contributed by atoms with Crippen molar-refractivity contribution in [2.75, 3.05) is 11.1 Å². The van der Waals surface area contributed by atoms with Crippen LogP contribution in [0, 0.1) is 0 Å². The third-order valence-corrected chi connectivity index (χ3v) is 3.37. The summed E-state index contributed by atoms with van der Waals surface area (Å²) in [6.45, 7) is 0. The van der Waals surface area contributed by atoms with E-state index in [-0.39, 0.29) is 11.8 Å². The van der Waals surface area contributed by atoms with Gasteiger partial charge in [0.15, 0.2) is 0 Å². The molecule has 0 spiro atoms. The van der Waals surface area contributed by atoms with Crippen molar-refractivity contribution >= 4 is 34.1 Å². The molecular weight excluding hydrogens is 256 g/mol. The van der Waals surface area contributed by atoms with Crippen LogP contribution in [0.4, 0.5) is 11.4 Å². The number of piperidine rings is 1. The number of rotatable bonds is 2. The maximum atomic E-state index is 11.8.